The normalized spacial score (nSPS) is 20.5. The van der Waals surface area contributed by atoms with E-state index in [4.69, 9.17) is 24.7 Å². The molecule has 16 nitrogen and oxygen atoms in total. The van der Waals surface area contributed by atoms with Crippen LogP contribution in [0.5, 0.6) is 11.8 Å². The predicted octanol–water partition coefficient (Wildman–Crippen LogP) is 4.53. The fourth-order valence-electron chi connectivity index (χ4n) is 6.52. The lowest BCUT2D eigenvalue weighted by Gasteiger charge is -2.32. The summed E-state index contributed by atoms with van der Waals surface area (Å²) in [5.41, 5.74) is 7.74. The number of piperidine rings is 2. The van der Waals surface area contributed by atoms with Crippen molar-refractivity contribution in [2.45, 2.75) is 43.9 Å². The lowest BCUT2D eigenvalue weighted by molar-refractivity contribution is -0.119. The minimum absolute atomic E-state index is 0.122. The topological polar surface area (TPSA) is 179 Å². The number of anilines is 4. The molecule has 2 atom stereocenters. The third kappa shape index (κ3) is 8.65. The van der Waals surface area contributed by atoms with Gasteiger partial charge in [-0.05, 0) is 59.6 Å². The molecule has 0 spiro atoms. The number of carbonyl (C=O) groups excluding carboxylic acids is 3. The van der Waals surface area contributed by atoms with E-state index in [1.54, 1.807) is 36.4 Å². The van der Waals surface area contributed by atoms with Gasteiger partial charge in [-0.25, -0.2) is 18.4 Å². The van der Waals surface area contributed by atoms with Crippen LogP contribution in [0.2, 0.25) is 0 Å². The second-order valence-corrected chi connectivity index (χ2v) is 13.2. The number of hydrogen-bond acceptors (Lipinski definition) is 14. The van der Waals surface area contributed by atoms with E-state index in [2.05, 4.69) is 19.4 Å². The molecule has 18 heteroatoms. The maximum Gasteiger partial charge on any atom is 0.414 e. The highest BCUT2D eigenvalue weighted by molar-refractivity contribution is 5.91. The number of nitrogens with zero attached hydrogens (tertiary/aromatic N) is 6. The Kier molecular flexibility index (Phi) is 11.1. The fourth-order valence-corrected chi connectivity index (χ4v) is 6.52. The summed E-state index contributed by atoms with van der Waals surface area (Å²) in [5.74, 6) is 0.0260. The number of halogens is 2. The molecule has 0 aliphatic carbocycles. The van der Waals surface area contributed by atoms with Crippen molar-refractivity contribution >= 4 is 40.7 Å². The van der Waals surface area contributed by atoms with Crippen LogP contribution in [-0.4, -0.2) is 99.0 Å². The largest absolute Gasteiger partial charge is 0.471 e. The van der Waals surface area contributed by atoms with Gasteiger partial charge in [0, 0.05) is 57.2 Å². The van der Waals surface area contributed by atoms with Crippen molar-refractivity contribution in [3.8, 4) is 11.8 Å². The van der Waals surface area contributed by atoms with E-state index in [9.17, 15) is 23.2 Å². The number of ketones is 1. The van der Waals surface area contributed by atoms with Crippen LogP contribution in [0.15, 0.2) is 70.1 Å². The number of aromatic nitrogens is 2. The van der Waals surface area contributed by atoms with E-state index >= 15 is 0 Å². The molecule has 286 valence electrons. The summed E-state index contributed by atoms with van der Waals surface area (Å²) >= 11 is 0. The molecule has 6 heterocycles. The van der Waals surface area contributed by atoms with Crippen molar-refractivity contribution in [1.82, 2.24) is 10.3 Å². The first-order valence-electron chi connectivity index (χ1n) is 17.6. The Morgan fingerprint density at radius 1 is 0.685 bits per heavy atom. The number of ether oxygens (including phenoxy) is 4. The molecule has 54 heavy (non-hydrogen) atoms. The highest BCUT2D eigenvalue weighted by atomic mass is 19.1. The summed E-state index contributed by atoms with van der Waals surface area (Å²) in [4.78, 5) is 42.2. The molecular weight excluding hydrogens is 712 g/mol. The highest BCUT2D eigenvalue weighted by Gasteiger charge is 2.35. The summed E-state index contributed by atoms with van der Waals surface area (Å²) < 4.78 is 59.9. The van der Waals surface area contributed by atoms with E-state index in [1.165, 1.54) is 34.5 Å². The SMILES string of the molecule is NC1CCN(c2ccc(N3CC(COc4ccon4)OC3=O)cc2F)CC1.O=C1CCN(c2ccc(N3CC(COc4ccon4)OC3=O)cc2F)CC1. The minimum Gasteiger partial charge on any atom is -0.471 e. The van der Waals surface area contributed by atoms with Gasteiger partial charge in [0.1, 0.15) is 43.2 Å². The molecule has 2 unspecified atom stereocenters. The van der Waals surface area contributed by atoms with Gasteiger partial charge >= 0.3 is 12.2 Å². The molecule has 0 bridgehead atoms. The van der Waals surface area contributed by atoms with Crippen molar-refractivity contribution in [2.24, 2.45) is 5.73 Å². The van der Waals surface area contributed by atoms with Crippen LogP contribution in [0.3, 0.4) is 0 Å². The summed E-state index contributed by atoms with van der Waals surface area (Å²) in [6, 6.07) is 12.7. The smallest absolute Gasteiger partial charge is 0.414 e. The molecule has 8 rings (SSSR count). The lowest BCUT2D eigenvalue weighted by Crippen LogP contribution is -2.40. The zero-order valence-corrected chi connectivity index (χ0v) is 29.2. The van der Waals surface area contributed by atoms with E-state index in [1.807, 2.05) is 9.80 Å². The molecule has 2 N–H and O–H groups in total. The maximum absolute atomic E-state index is 14.6. The molecule has 0 radical (unpaired) electrons. The molecule has 2 aromatic heterocycles. The molecule has 4 aromatic rings. The third-order valence-corrected chi connectivity index (χ3v) is 9.44. The van der Waals surface area contributed by atoms with Crippen molar-refractivity contribution in [1.29, 1.82) is 0 Å². The van der Waals surface area contributed by atoms with Crippen LogP contribution < -0.4 is 34.8 Å². The van der Waals surface area contributed by atoms with Crippen LogP contribution in [0.25, 0.3) is 0 Å². The number of carbonyl (C=O) groups is 3. The van der Waals surface area contributed by atoms with Crippen LogP contribution >= 0.6 is 0 Å². The second kappa shape index (κ2) is 16.4. The molecule has 4 saturated heterocycles. The van der Waals surface area contributed by atoms with Gasteiger partial charge in [-0.2, -0.15) is 0 Å². The second-order valence-electron chi connectivity index (χ2n) is 13.2. The van der Waals surface area contributed by atoms with E-state index < -0.39 is 30.2 Å². The third-order valence-electron chi connectivity index (χ3n) is 9.44. The number of amides is 2. The molecule has 2 aromatic carbocycles. The molecule has 0 saturated carbocycles. The van der Waals surface area contributed by atoms with Gasteiger partial charge in [-0.3, -0.25) is 14.6 Å². The Hall–Kier alpha value is -5.91. The van der Waals surface area contributed by atoms with Gasteiger partial charge < -0.3 is 43.5 Å². The minimum atomic E-state index is -0.556. The number of nitrogens with two attached hydrogens (primary N) is 1. The van der Waals surface area contributed by atoms with E-state index in [0.29, 0.717) is 60.4 Å². The number of cyclic esters (lactones) is 2. The summed E-state index contributed by atoms with van der Waals surface area (Å²) in [6.45, 7) is 3.24. The van der Waals surface area contributed by atoms with Gasteiger partial charge in [0.25, 0.3) is 11.8 Å². The Morgan fingerprint density at radius 3 is 1.57 bits per heavy atom. The van der Waals surface area contributed by atoms with Gasteiger partial charge in [-0.1, -0.05) is 0 Å². The first kappa shape index (κ1) is 36.4. The number of hydrogen-bond donors (Lipinski definition) is 1. The molecule has 4 aliphatic heterocycles. The molecule has 4 aliphatic rings. The summed E-state index contributed by atoms with van der Waals surface area (Å²) in [5, 5.41) is 7.25. The van der Waals surface area contributed by atoms with Gasteiger partial charge in [-0.15, -0.1) is 0 Å². The fraction of sp³-hybridized carbons (Fsp3) is 0.417. The monoisotopic (exact) mass is 751 g/mol. The van der Waals surface area contributed by atoms with Gasteiger partial charge in [0.05, 0.1) is 35.8 Å². The maximum atomic E-state index is 14.6. The Balaban J connectivity index is 0.000000167. The van der Waals surface area contributed by atoms with Crippen molar-refractivity contribution in [3.05, 3.63) is 72.7 Å². The first-order valence-corrected chi connectivity index (χ1v) is 17.6. The van der Waals surface area contributed by atoms with Crippen LogP contribution in [0.1, 0.15) is 25.7 Å². The van der Waals surface area contributed by atoms with Crippen molar-refractivity contribution in [2.75, 3.05) is 72.1 Å². The number of rotatable bonds is 10. The molecular formula is C36H39F2N7O9. The molecule has 4 fully saturated rings. The average Bonchev–Trinajstić information content (AvgIpc) is 4.00. The predicted molar refractivity (Wildman–Crippen MR) is 188 cm³/mol. The first-order chi connectivity index (χ1) is 26.2. The zero-order valence-electron chi connectivity index (χ0n) is 29.2. The van der Waals surface area contributed by atoms with Crippen LogP contribution in [-0.2, 0) is 14.3 Å². The quantitative estimate of drug-likeness (QED) is 0.239. The standard InChI is InChI=1S/C18H21FN4O4.C18H18FN3O5/c19-15-9-13(1-2-16(15)22-6-3-12(20)4-7-22)23-10-14(27-18(23)24)11-25-17-5-8-26-21-17;19-15-9-12(1-2-16(15)21-6-3-13(23)4-7-21)22-10-14(27-18(22)24)11-25-17-5-8-26-20-17/h1-2,5,8-9,12,14H,3-4,6-7,10-11,20H2;1-2,5,8-9,14H,3-4,6-7,10-11H2. The Labute approximate surface area is 308 Å². The Bertz CT molecular complexity index is 1900. The Morgan fingerprint density at radius 2 is 1.15 bits per heavy atom. The van der Waals surface area contributed by atoms with Crippen molar-refractivity contribution in [3.63, 3.8) is 0 Å². The summed E-state index contributed by atoms with van der Waals surface area (Å²) in [6.07, 6.45) is 3.25. The van der Waals surface area contributed by atoms with Gasteiger partial charge in [0.2, 0.25) is 0 Å². The van der Waals surface area contributed by atoms with E-state index in [-0.39, 0.29) is 43.9 Å². The van der Waals surface area contributed by atoms with Crippen molar-refractivity contribution < 1.29 is 51.2 Å². The number of Topliss-reactive ketones (excluding diaryl/α,β-unsaturated/α-hetero) is 1. The average molecular weight is 752 g/mol. The number of benzene rings is 2. The van der Waals surface area contributed by atoms with Gasteiger partial charge in [0.15, 0.2) is 12.2 Å². The van der Waals surface area contributed by atoms with Crippen LogP contribution in [0, 0.1) is 11.6 Å². The van der Waals surface area contributed by atoms with Crippen LogP contribution in [0.4, 0.5) is 41.1 Å². The molecule has 2 amide bonds. The lowest BCUT2D eigenvalue weighted by atomic mass is 10.1. The van der Waals surface area contributed by atoms with E-state index in [0.717, 1.165) is 25.9 Å². The highest BCUT2D eigenvalue weighted by Crippen LogP contribution is 2.31. The summed E-state index contributed by atoms with van der Waals surface area (Å²) in [7, 11) is 0. The zero-order chi connectivity index (χ0) is 37.6.